The third-order valence-electron chi connectivity index (χ3n) is 17.0. The average molecular weight is 1420 g/mol. The molecule has 3 heterocycles. The molecule has 0 aromatic heterocycles. The summed E-state index contributed by atoms with van der Waals surface area (Å²) in [5.41, 5.74) is 4.46. The number of hydrogen-bond acceptors (Lipinski definition) is 15. The monoisotopic (exact) mass is 1410 g/mol. The van der Waals surface area contributed by atoms with Gasteiger partial charge in [-0.15, -0.1) is 0 Å². The molecule has 0 spiro atoms. The lowest BCUT2D eigenvalue weighted by Gasteiger charge is -2.41. The Morgan fingerprint density at radius 2 is 1.67 bits per heavy atom. The molecule has 89 heavy (non-hydrogen) atoms. The number of aliphatic hydroxyl groups is 1. The first-order chi connectivity index (χ1) is 41.8. The molecule has 492 valence electrons. The van der Waals surface area contributed by atoms with E-state index >= 15 is 4.39 Å². The Morgan fingerprint density at radius 3 is 2.31 bits per heavy atom. The summed E-state index contributed by atoms with van der Waals surface area (Å²) in [4.78, 5) is 124. The van der Waals surface area contributed by atoms with Crippen molar-refractivity contribution in [2.75, 3.05) is 43.3 Å². The van der Waals surface area contributed by atoms with E-state index in [2.05, 4.69) is 42.5 Å². The summed E-state index contributed by atoms with van der Waals surface area (Å²) >= 11 is 20.2. The molecule has 11 atom stereocenters. The molecule has 3 aliphatic rings. The van der Waals surface area contributed by atoms with Crippen LogP contribution in [0.2, 0.25) is 10.0 Å². The molecule has 2 aromatic carbocycles. The molecule has 0 aliphatic carbocycles. The Balaban J connectivity index is 1.33. The van der Waals surface area contributed by atoms with Gasteiger partial charge < -0.3 is 55.0 Å². The number of ketones is 2. The number of benzene rings is 2. The van der Waals surface area contributed by atoms with Crippen LogP contribution >= 0.6 is 55.1 Å². The van der Waals surface area contributed by atoms with E-state index in [0.29, 0.717) is 52.6 Å². The molecule has 5 N–H and O–H groups in total. The highest BCUT2D eigenvalue weighted by molar-refractivity contribution is 9.09. The summed E-state index contributed by atoms with van der Waals surface area (Å²) in [6, 6.07) is 2.22. The molecule has 3 aliphatic heterocycles. The van der Waals surface area contributed by atoms with Crippen molar-refractivity contribution >= 4 is 114 Å². The van der Waals surface area contributed by atoms with E-state index in [4.69, 9.17) is 52.6 Å². The standard InChI is InChI=1S/C64H86Br2Cl2FN5O15/c1-34(2)44(27-43(75)18-13-12-17-37(5)86-61(82)42(32-65)33-66)58(79)72-48(19-15-21-71-62(70)83)50(76)26-41-25-46(67)45(28-47(41)69)59(80)73(9)39(7)60(81)88-53-29-54(77)74(10)49-24-40(23-36(4)56(49)68)22-35(3)16-14-20-52(85-11)64(84)30-51(87-55(78)31-64)38(6)57-63(53,8)89-57/h14,16,20,23-25,28,34,37-39,42,44,48,51-53,57,84H,12-13,15,17-19,21-22,26-27,29-33H2,1-11H3,(H,72,79)(H3,70,71,83)/b20-14+,35-16+/t37?,38-,39+,44+,48+,51+,52-,53+,57+,63+,64-/m1/s1. The van der Waals surface area contributed by atoms with Gasteiger partial charge in [0.05, 0.1) is 58.3 Å². The van der Waals surface area contributed by atoms with Gasteiger partial charge in [-0.3, -0.25) is 33.6 Å². The van der Waals surface area contributed by atoms with Crippen LogP contribution in [-0.4, -0.2) is 155 Å². The van der Waals surface area contributed by atoms with Crippen LogP contribution in [0, 0.1) is 36.4 Å². The van der Waals surface area contributed by atoms with E-state index in [1.54, 1.807) is 59.9 Å². The van der Waals surface area contributed by atoms with E-state index in [1.165, 1.54) is 26.0 Å². The van der Waals surface area contributed by atoms with Gasteiger partial charge in [0.25, 0.3) is 5.91 Å². The number of methoxy groups -OCH3 is 1. The number of carbonyl (C=O) groups excluding carboxylic acids is 9. The zero-order valence-electron chi connectivity index (χ0n) is 52.5. The summed E-state index contributed by atoms with van der Waals surface area (Å²) < 4.78 is 45.9. The summed E-state index contributed by atoms with van der Waals surface area (Å²) in [6.45, 7) is 13.9. The number of nitrogens with two attached hydrogens (primary N) is 1. The summed E-state index contributed by atoms with van der Waals surface area (Å²) in [7, 11) is 4.25. The number of rotatable bonds is 26. The molecule has 5 rings (SSSR count). The average Bonchev–Trinajstić information content (AvgIpc) is 1.60. The first-order valence-electron chi connectivity index (χ1n) is 30.0. The SMILES string of the molecule is CO[C@@H]1/C=C/C=C(\C)Cc2cc(C)c(Cl)c(c2)N(C)C(=O)C[C@H](OC(=O)[C@H](C)N(C)C(=O)c2cc(F)c(CC(=O)[C@H](CCCNC(N)=O)NC(=O)[C@@H](CC(=O)CCCCC(C)OC(=O)C(CBr)CBr)C(C)C)cc2Cl)[C@]2(C)O[C@H]2[C@H](C)[C@@H]2C[C@@]1(O)CC(=O)O2. The molecule has 2 aromatic rings. The second-order valence-corrected chi connectivity index (χ2v) is 26.5. The highest BCUT2D eigenvalue weighted by Crippen LogP contribution is 2.50. The molecule has 2 saturated heterocycles. The third-order valence-corrected chi connectivity index (χ3v) is 19.4. The van der Waals surface area contributed by atoms with Crippen molar-refractivity contribution in [3.05, 3.63) is 86.2 Å². The van der Waals surface area contributed by atoms with Crippen molar-refractivity contribution in [2.24, 2.45) is 29.4 Å². The van der Waals surface area contributed by atoms with E-state index in [1.807, 2.05) is 26.0 Å². The highest BCUT2D eigenvalue weighted by Gasteiger charge is 2.64. The van der Waals surface area contributed by atoms with E-state index in [-0.39, 0.29) is 90.9 Å². The zero-order chi connectivity index (χ0) is 66.4. The van der Waals surface area contributed by atoms with Gasteiger partial charge in [0.2, 0.25) is 11.8 Å². The van der Waals surface area contributed by atoms with Gasteiger partial charge in [-0.2, -0.15) is 0 Å². The lowest BCUT2D eigenvalue weighted by atomic mass is 9.78. The first kappa shape index (κ1) is 74.4. The Bertz CT molecular complexity index is 3000. The number of fused-ring (bicyclic) bond motifs is 5. The number of urea groups is 1. The fourth-order valence-corrected chi connectivity index (χ4v) is 13.3. The second-order valence-electron chi connectivity index (χ2n) is 24.4. The Labute approximate surface area is 547 Å². The lowest BCUT2D eigenvalue weighted by molar-refractivity contribution is -0.187. The van der Waals surface area contributed by atoms with Crippen molar-refractivity contribution in [1.29, 1.82) is 0 Å². The topological polar surface area (TPSA) is 280 Å². The Hall–Kier alpha value is -5.30. The van der Waals surface area contributed by atoms with Crippen LogP contribution in [0.3, 0.4) is 0 Å². The highest BCUT2D eigenvalue weighted by atomic mass is 79.9. The Kier molecular flexibility index (Phi) is 27.9. The summed E-state index contributed by atoms with van der Waals surface area (Å²) in [5.74, 6) is -7.91. The molecular formula is C64H86Br2Cl2FN5O15. The second kappa shape index (κ2) is 33.3. The lowest BCUT2D eigenvalue weighted by Crippen LogP contribution is -2.53. The predicted molar refractivity (Wildman–Crippen MR) is 341 cm³/mol. The van der Waals surface area contributed by atoms with Crippen LogP contribution in [0.5, 0.6) is 0 Å². The van der Waals surface area contributed by atoms with Crippen LogP contribution in [0.25, 0.3) is 0 Å². The number of allylic oxidation sites excluding steroid dienone is 3. The zero-order valence-corrected chi connectivity index (χ0v) is 57.2. The number of alkyl halides is 2. The largest absolute Gasteiger partial charge is 0.462 e. The number of primary amides is 1. The number of carbonyl (C=O) groups is 9. The van der Waals surface area contributed by atoms with Gasteiger partial charge in [0.15, 0.2) is 5.78 Å². The fraction of sp³-hybridized carbons (Fsp3) is 0.609. The number of halogens is 5. The molecule has 2 fully saturated rings. The number of nitrogens with one attached hydrogen (secondary N) is 2. The van der Waals surface area contributed by atoms with E-state index in [9.17, 15) is 48.3 Å². The van der Waals surface area contributed by atoms with E-state index in [0.717, 1.165) is 28.2 Å². The van der Waals surface area contributed by atoms with Gasteiger partial charge in [-0.1, -0.05) is 106 Å². The minimum Gasteiger partial charge on any atom is -0.462 e. The van der Waals surface area contributed by atoms with Crippen LogP contribution in [-0.2, 0) is 70.1 Å². The van der Waals surface area contributed by atoms with Gasteiger partial charge in [0, 0.05) is 75.9 Å². The number of anilines is 1. The van der Waals surface area contributed by atoms with Crippen LogP contribution in [0.1, 0.15) is 140 Å². The van der Waals surface area contributed by atoms with Crippen molar-refractivity contribution in [1.82, 2.24) is 15.5 Å². The number of aryl methyl sites for hydroxylation is 1. The summed E-state index contributed by atoms with van der Waals surface area (Å²) in [6.07, 6.45) is 1.90. The minimum absolute atomic E-state index is 0.00695. The van der Waals surface area contributed by atoms with Crippen molar-refractivity contribution in [3.8, 4) is 0 Å². The van der Waals surface area contributed by atoms with Crippen molar-refractivity contribution in [2.45, 2.75) is 186 Å². The van der Waals surface area contributed by atoms with Gasteiger partial charge in [-0.25, -0.2) is 14.0 Å². The number of epoxide rings is 1. The number of nitrogens with zero attached hydrogens (tertiary/aromatic N) is 2. The number of hydrogen-bond donors (Lipinski definition) is 4. The smallest absolute Gasteiger partial charge is 0.328 e. The molecule has 5 amide bonds. The molecule has 1 unspecified atom stereocenters. The summed E-state index contributed by atoms with van der Waals surface area (Å²) in [5, 5.41) is 18.2. The molecular weight excluding hydrogens is 1330 g/mol. The number of ether oxygens (including phenoxy) is 5. The van der Waals surface area contributed by atoms with E-state index < -0.39 is 120 Å². The maximum absolute atomic E-state index is 16.3. The fourth-order valence-electron chi connectivity index (χ4n) is 11.2. The number of Topliss-reactive ketones (excluding diaryl/α,β-unsaturated/α-hetero) is 2. The third kappa shape index (κ3) is 20.1. The molecule has 25 heteroatoms. The molecule has 0 saturated carbocycles. The number of amides is 5. The van der Waals surface area contributed by atoms with Crippen molar-refractivity contribution < 1.29 is 76.3 Å². The van der Waals surface area contributed by atoms with Crippen LogP contribution < -0.4 is 21.3 Å². The normalized spacial score (nSPS) is 24.4. The number of esters is 3. The predicted octanol–water partition coefficient (Wildman–Crippen LogP) is 9.34. The minimum atomic E-state index is -1.68. The van der Waals surface area contributed by atoms with Gasteiger partial charge >= 0.3 is 23.9 Å². The molecule has 0 radical (unpaired) electrons. The van der Waals surface area contributed by atoms with Gasteiger partial charge in [0.1, 0.15) is 47.2 Å². The quantitative estimate of drug-likeness (QED) is 0.0224. The Morgan fingerprint density at radius 1 is 0.989 bits per heavy atom. The van der Waals surface area contributed by atoms with Crippen molar-refractivity contribution in [3.63, 3.8) is 0 Å². The van der Waals surface area contributed by atoms with Gasteiger partial charge in [-0.05, 0) is 114 Å². The first-order valence-corrected chi connectivity index (χ1v) is 33.0. The maximum atomic E-state index is 16.3. The molecule has 4 bridgehead atoms. The number of likely N-dealkylation sites (N-methyl/N-ethyl adjacent to an activating group) is 1. The maximum Gasteiger partial charge on any atom is 0.328 e. The number of unbranched alkanes of at least 4 members (excludes halogenated alkanes) is 1. The van der Waals surface area contributed by atoms with Crippen LogP contribution in [0.15, 0.2) is 48.1 Å². The molecule has 20 nitrogen and oxygen atoms in total. The van der Waals surface area contributed by atoms with Crippen LogP contribution in [0.4, 0.5) is 14.9 Å².